The second kappa shape index (κ2) is 5.56. The summed E-state index contributed by atoms with van der Waals surface area (Å²) in [7, 11) is 2.85. The van der Waals surface area contributed by atoms with Crippen molar-refractivity contribution in [3.8, 4) is 0 Å². The van der Waals surface area contributed by atoms with Crippen molar-refractivity contribution in [3.63, 3.8) is 0 Å². The van der Waals surface area contributed by atoms with E-state index in [1.807, 2.05) is 32.0 Å². The Morgan fingerprint density at radius 3 is 2.75 bits per heavy atom. The second-order valence-electron chi connectivity index (χ2n) is 3.75. The second-order valence-corrected chi connectivity index (χ2v) is 6.56. The van der Waals surface area contributed by atoms with Crippen LogP contribution in [0.4, 0.5) is 0 Å². The average Bonchev–Trinajstić information content (AvgIpc) is 2.27. The SMILES string of the molecule is CC(C)(SSc1ccccn1)C(N)C(=O)O. The molecule has 16 heavy (non-hydrogen) atoms. The number of hydrogen-bond donors (Lipinski definition) is 2. The van der Waals surface area contributed by atoms with Gasteiger partial charge in [0.2, 0.25) is 0 Å². The van der Waals surface area contributed by atoms with Gasteiger partial charge in [-0.15, -0.1) is 0 Å². The van der Waals surface area contributed by atoms with Crippen molar-refractivity contribution in [2.24, 2.45) is 5.73 Å². The van der Waals surface area contributed by atoms with Crippen LogP contribution in [0.3, 0.4) is 0 Å². The van der Waals surface area contributed by atoms with E-state index in [0.29, 0.717) is 0 Å². The number of nitrogens with zero attached hydrogens (tertiary/aromatic N) is 1. The van der Waals surface area contributed by atoms with Gasteiger partial charge >= 0.3 is 5.97 Å². The molecule has 1 heterocycles. The van der Waals surface area contributed by atoms with Gasteiger partial charge in [0.15, 0.2) is 0 Å². The highest BCUT2D eigenvalue weighted by Crippen LogP contribution is 2.41. The van der Waals surface area contributed by atoms with E-state index in [0.717, 1.165) is 5.03 Å². The molecule has 0 amide bonds. The van der Waals surface area contributed by atoms with Crippen LogP contribution in [0, 0.1) is 0 Å². The number of carboxylic acid groups (broad SMARTS) is 1. The Morgan fingerprint density at radius 2 is 2.25 bits per heavy atom. The Labute approximate surface area is 102 Å². The molecule has 88 valence electrons. The van der Waals surface area contributed by atoms with E-state index < -0.39 is 16.8 Å². The molecule has 0 aliphatic carbocycles. The van der Waals surface area contributed by atoms with E-state index in [2.05, 4.69) is 4.98 Å². The van der Waals surface area contributed by atoms with E-state index in [1.165, 1.54) is 21.6 Å². The van der Waals surface area contributed by atoms with E-state index in [-0.39, 0.29) is 0 Å². The molecule has 1 unspecified atom stereocenters. The van der Waals surface area contributed by atoms with Gasteiger partial charge in [-0.1, -0.05) is 16.9 Å². The average molecular weight is 258 g/mol. The molecule has 0 saturated heterocycles. The zero-order valence-corrected chi connectivity index (χ0v) is 10.7. The number of aliphatic carboxylic acids is 1. The highest BCUT2D eigenvalue weighted by molar-refractivity contribution is 8.77. The first-order valence-corrected chi connectivity index (χ1v) is 6.83. The number of hydrogen-bond acceptors (Lipinski definition) is 5. The Balaban J connectivity index is 2.57. The van der Waals surface area contributed by atoms with E-state index in [4.69, 9.17) is 10.8 Å². The monoisotopic (exact) mass is 258 g/mol. The molecule has 0 aliphatic heterocycles. The summed E-state index contributed by atoms with van der Waals surface area (Å²) in [5, 5.41) is 9.70. The minimum Gasteiger partial charge on any atom is -0.480 e. The lowest BCUT2D eigenvalue weighted by Crippen LogP contribution is -2.46. The molecule has 0 spiro atoms. The zero-order valence-electron chi connectivity index (χ0n) is 9.08. The van der Waals surface area contributed by atoms with Crippen LogP contribution in [0.2, 0.25) is 0 Å². The maximum Gasteiger partial charge on any atom is 0.321 e. The summed E-state index contributed by atoms with van der Waals surface area (Å²) < 4.78 is -0.548. The number of carboxylic acids is 1. The number of carbonyl (C=O) groups is 1. The van der Waals surface area contributed by atoms with Gasteiger partial charge in [0, 0.05) is 10.9 Å². The van der Waals surface area contributed by atoms with Crippen LogP contribution in [0.5, 0.6) is 0 Å². The zero-order chi connectivity index (χ0) is 12.2. The van der Waals surface area contributed by atoms with Crippen molar-refractivity contribution >= 4 is 27.6 Å². The van der Waals surface area contributed by atoms with E-state index in [9.17, 15) is 4.79 Å². The minimum absolute atomic E-state index is 0.548. The summed E-state index contributed by atoms with van der Waals surface area (Å²) in [6.07, 6.45) is 1.70. The number of rotatable bonds is 5. The van der Waals surface area contributed by atoms with Crippen LogP contribution in [0.25, 0.3) is 0 Å². The Kier molecular flexibility index (Phi) is 4.64. The fourth-order valence-corrected chi connectivity index (χ4v) is 3.15. The maximum atomic E-state index is 10.8. The first-order valence-electron chi connectivity index (χ1n) is 4.68. The molecule has 3 N–H and O–H groups in total. The molecular formula is C10H14N2O2S2. The number of pyridine rings is 1. The molecule has 0 saturated carbocycles. The van der Waals surface area contributed by atoms with E-state index in [1.54, 1.807) is 6.20 Å². The molecule has 0 bridgehead atoms. The van der Waals surface area contributed by atoms with Crippen LogP contribution in [-0.2, 0) is 4.79 Å². The smallest absolute Gasteiger partial charge is 0.321 e. The van der Waals surface area contributed by atoms with Gasteiger partial charge in [0.05, 0.1) is 0 Å². The Morgan fingerprint density at radius 1 is 1.56 bits per heavy atom. The first kappa shape index (κ1) is 13.3. The lowest BCUT2D eigenvalue weighted by Gasteiger charge is -2.26. The molecule has 0 aliphatic rings. The summed E-state index contributed by atoms with van der Waals surface area (Å²) in [5.74, 6) is -0.987. The largest absolute Gasteiger partial charge is 0.480 e. The van der Waals surface area contributed by atoms with E-state index >= 15 is 0 Å². The fourth-order valence-electron chi connectivity index (χ4n) is 0.896. The van der Waals surface area contributed by atoms with Crippen molar-refractivity contribution in [1.82, 2.24) is 4.98 Å². The van der Waals surface area contributed by atoms with Crippen molar-refractivity contribution in [2.75, 3.05) is 0 Å². The number of nitrogens with two attached hydrogens (primary N) is 1. The molecule has 6 heteroatoms. The van der Waals surface area contributed by atoms with Gasteiger partial charge in [-0.3, -0.25) is 4.79 Å². The van der Waals surface area contributed by atoms with Crippen molar-refractivity contribution in [1.29, 1.82) is 0 Å². The molecule has 1 rings (SSSR count). The summed E-state index contributed by atoms with van der Waals surface area (Å²) in [6, 6.07) is 4.71. The number of aromatic nitrogens is 1. The molecule has 1 aromatic heterocycles. The van der Waals surface area contributed by atoms with Crippen molar-refractivity contribution in [3.05, 3.63) is 24.4 Å². The van der Waals surface area contributed by atoms with Crippen molar-refractivity contribution < 1.29 is 9.90 Å². The topological polar surface area (TPSA) is 76.2 Å². The highest BCUT2D eigenvalue weighted by atomic mass is 33.1. The van der Waals surface area contributed by atoms with Crippen LogP contribution in [0.15, 0.2) is 29.4 Å². The van der Waals surface area contributed by atoms with Gasteiger partial charge in [0.25, 0.3) is 0 Å². The van der Waals surface area contributed by atoms with Crippen LogP contribution < -0.4 is 5.73 Å². The third kappa shape index (κ3) is 3.70. The van der Waals surface area contributed by atoms with Crippen LogP contribution >= 0.6 is 21.6 Å². The molecule has 4 nitrogen and oxygen atoms in total. The van der Waals surface area contributed by atoms with Gasteiger partial charge < -0.3 is 10.8 Å². The quantitative estimate of drug-likeness (QED) is 0.787. The normalized spacial score (nSPS) is 13.4. The maximum absolute atomic E-state index is 10.8. The van der Waals surface area contributed by atoms with Crippen LogP contribution in [0.1, 0.15) is 13.8 Å². The standard InChI is InChI=1S/C10H14N2O2S2/c1-10(2,8(11)9(13)14)16-15-7-5-3-4-6-12-7/h3-6,8H,11H2,1-2H3,(H,13,14). The summed E-state index contributed by atoms with van der Waals surface area (Å²) >= 11 is 0. The summed E-state index contributed by atoms with van der Waals surface area (Å²) in [5.41, 5.74) is 5.60. The molecule has 1 aromatic rings. The fraction of sp³-hybridized carbons (Fsp3) is 0.400. The first-order chi connectivity index (χ1) is 7.43. The predicted octanol–water partition coefficient (Wildman–Crippen LogP) is 2.01. The predicted molar refractivity (Wildman–Crippen MR) is 67.4 cm³/mol. The van der Waals surface area contributed by atoms with Gasteiger partial charge in [-0.25, -0.2) is 4.98 Å². The third-order valence-corrected chi connectivity index (χ3v) is 5.22. The highest BCUT2D eigenvalue weighted by Gasteiger charge is 2.33. The van der Waals surface area contributed by atoms with Crippen molar-refractivity contribution in [2.45, 2.75) is 29.7 Å². The third-order valence-electron chi connectivity index (χ3n) is 1.99. The molecule has 1 atom stereocenters. The summed E-state index contributed by atoms with van der Waals surface area (Å²) in [6.45, 7) is 3.62. The minimum atomic E-state index is -0.987. The molecule has 0 radical (unpaired) electrons. The van der Waals surface area contributed by atoms with Gasteiger partial charge in [-0.05, 0) is 36.8 Å². The lowest BCUT2D eigenvalue weighted by molar-refractivity contribution is -0.139. The molecule has 0 fully saturated rings. The summed E-state index contributed by atoms with van der Waals surface area (Å²) in [4.78, 5) is 14.9. The lowest BCUT2D eigenvalue weighted by atomic mass is 10.1. The Bertz CT molecular complexity index is 357. The van der Waals surface area contributed by atoms with Gasteiger partial charge in [0.1, 0.15) is 11.1 Å². The van der Waals surface area contributed by atoms with Gasteiger partial charge in [-0.2, -0.15) is 0 Å². The molecule has 0 aromatic carbocycles. The van der Waals surface area contributed by atoms with Crippen LogP contribution in [-0.4, -0.2) is 26.8 Å². The Hall–Kier alpha value is -0.720. The molecular weight excluding hydrogens is 244 g/mol.